The van der Waals surface area contributed by atoms with Gasteiger partial charge in [-0.3, -0.25) is 0 Å². The minimum atomic E-state index is -0.889. The van der Waals surface area contributed by atoms with Gasteiger partial charge in [0.1, 0.15) is 0 Å². The fraction of sp³-hybridized carbons (Fsp3) is 0.0204. The summed E-state index contributed by atoms with van der Waals surface area (Å²) in [5, 5.41) is 14.5. The second-order valence-corrected chi connectivity index (χ2v) is 41.2. The van der Waals surface area contributed by atoms with Gasteiger partial charge in [-0.2, -0.15) is 0 Å². The highest BCUT2D eigenvalue weighted by molar-refractivity contribution is 6.15. The molecule has 0 atom stereocenters. The molecule has 6 aliphatic carbocycles. The number of hydrogen-bond donors (Lipinski definition) is 0. The van der Waals surface area contributed by atoms with E-state index in [2.05, 4.69) is 579 Å². The van der Waals surface area contributed by atoms with Gasteiger partial charge in [-0.1, -0.05) is 437 Å². The van der Waals surface area contributed by atoms with Crippen LogP contribution in [0.25, 0.3) is 168 Å². The van der Waals surface area contributed by atoms with E-state index in [4.69, 9.17) is 0 Å². The summed E-state index contributed by atoms with van der Waals surface area (Å²) in [4.78, 5) is 7.21. The van der Waals surface area contributed by atoms with Crippen molar-refractivity contribution in [2.45, 2.75) is 16.2 Å². The average Bonchev–Trinajstić information content (AvgIpc) is 1.45. The SMILES string of the molecule is C(=C\c1ccc2c(c1)C1(c3ccccc3-c3ccccc31)c1c-2c2c(c3c1-c1ccc(/C=C/c4ccc(N(c5ccc6ccccc6c5)c5ccc6ccccc6c5)cc4)cc1C31c3ccccc3-c3ccccc31)-c1ccc(/C=C/c3ccc(N(c4ccc5ccccc5c4)c4ccc5ccccc5c4)cc3)cc1C21c2ccccc2-c2ccccc21)/c1ccc(N(c2ccc3ccccc3c2)c2ccc3ccccc3c2)cc1. The Kier molecular flexibility index (Phi) is 18.9. The number of hydrogen-bond acceptors (Lipinski definition) is 3. The molecular formula is C147H93N3. The van der Waals surface area contributed by atoms with E-state index in [1.165, 1.54) is 198 Å². The third-order valence-corrected chi connectivity index (χ3v) is 33.4. The summed E-state index contributed by atoms with van der Waals surface area (Å²) in [6.07, 6.45) is 14.1. The van der Waals surface area contributed by atoms with Crippen molar-refractivity contribution in [3.05, 3.63) is 628 Å². The average molecular weight is 1900 g/mol. The second kappa shape index (κ2) is 33.4. The van der Waals surface area contributed by atoms with E-state index in [1.807, 2.05) is 0 Å². The molecule has 25 aromatic rings. The lowest BCUT2D eigenvalue weighted by molar-refractivity contribution is 0.764. The highest BCUT2D eigenvalue weighted by Crippen LogP contribution is 2.77. The van der Waals surface area contributed by atoms with Gasteiger partial charge in [0.15, 0.2) is 0 Å². The molecule has 3 heteroatoms. The lowest BCUT2D eigenvalue weighted by atomic mass is 9.63. The van der Waals surface area contributed by atoms with Crippen molar-refractivity contribution in [3.63, 3.8) is 0 Å². The molecule has 0 bridgehead atoms. The monoisotopic (exact) mass is 1900 g/mol. The zero-order chi connectivity index (χ0) is 98.4. The molecule has 3 nitrogen and oxygen atoms in total. The summed E-state index contributed by atoms with van der Waals surface area (Å²) >= 11 is 0. The predicted molar refractivity (Wildman–Crippen MR) is 631 cm³/mol. The Morgan fingerprint density at radius 3 is 0.493 bits per heavy atom. The highest BCUT2D eigenvalue weighted by Gasteiger charge is 2.65. The Hall–Kier alpha value is -19.3. The molecule has 0 aliphatic heterocycles. The molecule has 0 aromatic heterocycles. The first-order valence-electron chi connectivity index (χ1n) is 52.3. The minimum absolute atomic E-state index is 0.889. The Bertz CT molecular complexity index is 8820. The first-order chi connectivity index (χ1) is 74.3. The largest absolute Gasteiger partial charge is 0.310 e. The van der Waals surface area contributed by atoms with Crippen LogP contribution in [-0.4, -0.2) is 0 Å². The maximum atomic E-state index is 2.61. The first kappa shape index (κ1) is 85.1. The van der Waals surface area contributed by atoms with Crippen LogP contribution in [0.2, 0.25) is 0 Å². The van der Waals surface area contributed by atoms with E-state index >= 15 is 0 Å². The normalized spacial score (nSPS) is 13.7. The van der Waals surface area contributed by atoms with E-state index in [-0.39, 0.29) is 0 Å². The van der Waals surface area contributed by atoms with Gasteiger partial charge in [0.2, 0.25) is 0 Å². The third-order valence-electron chi connectivity index (χ3n) is 33.4. The van der Waals surface area contributed by atoms with E-state index in [1.54, 1.807) is 0 Å². The summed E-state index contributed by atoms with van der Waals surface area (Å²) < 4.78 is 0. The lowest BCUT2D eigenvalue weighted by Crippen LogP contribution is -2.31. The molecule has 0 saturated heterocycles. The van der Waals surface area contributed by atoms with Crippen LogP contribution in [0.4, 0.5) is 51.2 Å². The number of rotatable bonds is 15. The smallest absolute Gasteiger partial charge is 0.0731 e. The van der Waals surface area contributed by atoms with Crippen molar-refractivity contribution >= 4 is 152 Å². The Labute approximate surface area is 871 Å². The van der Waals surface area contributed by atoms with Crippen LogP contribution in [0.5, 0.6) is 0 Å². The van der Waals surface area contributed by atoms with Gasteiger partial charge >= 0.3 is 0 Å². The Morgan fingerprint density at radius 1 is 0.120 bits per heavy atom. The molecule has 6 aliphatic rings. The van der Waals surface area contributed by atoms with Crippen molar-refractivity contribution in [1.29, 1.82) is 0 Å². The van der Waals surface area contributed by atoms with Gasteiger partial charge in [-0.05, 0) is 359 Å². The van der Waals surface area contributed by atoms with Crippen molar-refractivity contribution in [3.8, 4) is 66.8 Å². The zero-order valence-corrected chi connectivity index (χ0v) is 82.0. The fourth-order valence-corrected chi connectivity index (χ4v) is 27.1. The molecule has 25 aromatic carbocycles. The van der Waals surface area contributed by atoms with Crippen LogP contribution in [0.1, 0.15) is 100 Å². The number of nitrogens with zero attached hydrogens (tertiary/aromatic N) is 3. The quantitative estimate of drug-likeness (QED) is 0.0947. The standard InChI is InChI=1S/C147H93N3/c1-7-31-106-88-115(76-64-100(106)25-1)148(116-77-65-101-26-2-8-32-107(101)89-116)112-70-55-94(56-71-112)49-52-97-61-82-127-136(85-97)145(130-43-19-13-37-121(130)122-38-14-20-44-131(122)145)142-139(127)143-141(129-84-63-99(87-138(129)146(143)132-45-21-15-39-123(132)124-40-16-22-46-133(124)146)54-51-96-59-74-114(75-60-96)150(119-80-68-104-29-5-11-35-110(104)92-119)120-81-69-105-30-6-12-36-111(105)93-120)144-140(142)128-83-62-98(86-137(128)147(144)134-47-23-17-41-125(134)126-42-18-24-48-135(126)147)53-50-95-57-72-113(73-58-95)149(117-78-66-102-27-3-9-33-108(102)90-117)118-79-67-103-28-4-10-34-109(103)91-118/h1-93H/b52-49+,53-50+,54-51+. The Morgan fingerprint density at radius 2 is 0.287 bits per heavy atom. The maximum Gasteiger partial charge on any atom is 0.0731 e. The number of fused-ring (bicyclic) bond motifs is 39. The predicted octanol–water partition coefficient (Wildman–Crippen LogP) is 38.6. The van der Waals surface area contributed by atoms with Crippen LogP contribution < -0.4 is 14.7 Å². The third kappa shape index (κ3) is 12.7. The summed E-state index contributed by atoms with van der Waals surface area (Å²) in [6, 6.07) is 200. The van der Waals surface area contributed by atoms with Crippen molar-refractivity contribution in [1.82, 2.24) is 0 Å². The molecule has 0 radical (unpaired) electrons. The van der Waals surface area contributed by atoms with Crippen LogP contribution in [-0.2, 0) is 16.2 Å². The van der Waals surface area contributed by atoms with E-state index in [0.29, 0.717) is 0 Å². The van der Waals surface area contributed by atoms with Crippen LogP contribution in [0, 0.1) is 0 Å². The van der Waals surface area contributed by atoms with E-state index < -0.39 is 16.2 Å². The van der Waals surface area contributed by atoms with E-state index in [9.17, 15) is 0 Å². The molecule has 0 fully saturated rings. The van der Waals surface area contributed by atoms with Gasteiger partial charge in [-0.25, -0.2) is 0 Å². The summed E-state index contributed by atoms with van der Waals surface area (Å²) in [5.74, 6) is 0. The highest BCUT2D eigenvalue weighted by atomic mass is 15.2. The summed E-state index contributed by atoms with van der Waals surface area (Å²) in [6.45, 7) is 0. The van der Waals surface area contributed by atoms with Crippen molar-refractivity contribution in [2.75, 3.05) is 14.7 Å². The second-order valence-electron chi connectivity index (χ2n) is 41.2. The van der Waals surface area contributed by atoms with Gasteiger partial charge in [0.25, 0.3) is 0 Å². The molecule has 0 amide bonds. The van der Waals surface area contributed by atoms with Gasteiger partial charge in [-0.15, -0.1) is 0 Å². The van der Waals surface area contributed by atoms with Crippen molar-refractivity contribution in [2.24, 2.45) is 0 Å². The first-order valence-corrected chi connectivity index (χ1v) is 52.3. The zero-order valence-electron chi connectivity index (χ0n) is 82.0. The minimum Gasteiger partial charge on any atom is -0.310 e. The van der Waals surface area contributed by atoms with Crippen LogP contribution in [0.15, 0.2) is 528 Å². The summed E-state index contributed by atoms with van der Waals surface area (Å²) in [7, 11) is 0. The van der Waals surface area contributed by atoms with Crippen LogP contribution in [0.3, 0.4) is 0 Å². The molecule has 0 saturated carbocycles. The molecule has 0 unspecified atom stereocenters. The van der Waals surface area contributed by atoms with Gasteiger partial charge in [0.05, 0.1) is 16.2 Å². The lowest BCUT2D eigenvalue weighted by Gasteiger charge is -2.37. The molecule has 0 heterocycles. The molecule has 3 spiro atoms. The molecule has 0 N–H and O–H groups in total. The van der Waals surface area contributed by atoms with E-state index in [0.717, 1.165) is 84.6 Å². The molecule has 31 rings (SSSR count). The van der Waals surface area contributed by atoms with Crippen LogP contribution >= 0.6 is 0 Å². The topological polar surface area (TPSA) is 9.72 Å². The maximum absolute atomic E-state index is 2.61. The van der Waals surface area contributed by atoms with Gasteiger partial charge < -0.3 is 14.7 Å². The molecular weight excluding hydrogens is 1810 g/mol. The number of benzene rings is 25. The molecule has 696 valence electrons. The Balaban J connectivity index is 0.624. The van der Waals surface area contributed by atoms with Gasteiger partial charge in [0, 0.05) is 51.2 Å². The fourth-order valence-electron chi connectivity index (χ4n) is 27.1. The number of anilines is 9. The summed E-state index contributed by atoms with van der Waals surface area (Å²) in [5.41, 5.74) is 44.6. The molecule has 150 heavy (non-hydrogen) atoms. The van der Waals surface area contributed by atoms with Crippen molar-refractivity contribution < 1.29 is 0 Å².